The van der Waals surface area contributed by atoms with E-state index in [4.69, 9.17) is 11.5 Å². The Labute approximate surface area is 102 Å². The largest absolute Gasteiger partial charge is 0.370 e. The summed E-state index contributed by atoms with van der Waals surface area (Å²) < 4.78 is 0. The molecule has 17 heavy (non-hydrogen) atoms. The SMILES string of the molecule is CC(CC(N)=O)NC(=O)C1CCCCC1CN. The lowest BCUT2D eigenvalue weighted by Crippen LogP contribution is -2.43. The molecule has 3 unspecified atom stereocenters. The predicted molar refractivity (Wildman–Crippen MR) is 65.9 cm³/mol. The van der Waals surface area contributed by atoms with E-state index in [1.807, 2.05) is 0 Å². The first kappa shape index (κ1) is 14.0. The van der Waals surface area contributed by atoms with Crippen LogP contribution in [0.3, 0.4) is 0 Å². The minimum atomic E-state index is -0.392. The zero-order chi connectivity index (χ0) is 12.8. The fraction of sp³-hybridized carbons (Fsp3) is 0.833. The average Bonchev–Trinajstić information content (AvgIpc) is 2.27. The van der Waals surface area contributed by atoms with Crippen LogP contribution in [0.4, 0.5) is 0 Å². The number of carbonyl (C=O) groups excluding carboxylic acids is 2. The monoisotopic (exact) mass is 241 g/mol. The van der Waals surface area contributed by atoms with Gasteiger partial charge >= 0.3 is 0 Å². The van der Waals surface area contributed by atoms with Crippen molar-refractivity contribution >= 4 is 11.8 Å². The van der Waals surface area contributed by atoms with Crippen LogP contribution in [0, 0.1) is 11.8 Å². The maximum absolute atomic E-state index is 12.0. The van der Waals surface area contributed by atoms with Gasteiger partial charge < -0.3 is 16.8 Å². The summed E-state index contributed by atoms with van der Waals surface area (Å²) in [4.78, 5) is 22.8. The zero-order valence-corrected chi connectivity index (χ0v) is 10.4. The Morgan fingerprint density at radius 1 is 1.35 bits per heavy atom. The van der Waals surface area contributed by atoms with Crippen molar-refractivity contribution in [3.05, 3.63) is 0 Å². The maximum Gasteiger partial charge on any atom is 0.223 e. The summed E-state index contributed by atoms with van der Waals surface area (Å²) in [6.45, 7) is 2.35. The topological polar surface area (TPSA) is 98.2 Å². The Morgan fingerprint density at radius 2 is 2.00 bits per heavy atom. The normalized spacial score (nSPS) is 26.2. The molecule has 98 valence electrons. The van der Waals surface area contributed by atoms with Gasteiger partial charge in [-0.15, -0.1) is 0 Å². The molecule has 3 atom stereocenters. The Kier molecular flexibility index (Phi) is 5.41. The maximum atomic E-state index is 12.0. The molecule has 5 heteroatoms. The van der Waals surface area contributed by atoms with Crippen LogP contribution in [-0.2, 0) is 9.59 Å². The molecule has 1 rings (SSSR count). The molecule has 0 aromatic carbocycles. The molecular formula is C12H23N3O2. The van der Waals surface area contributed by atoms with Crippen molar-refractivity contribution in [2.75, 3.05) is 6.54 Å². The summed E-state index contributed by atoms with van der Waals surface area (Å²) in [7, 11) is 0. The fourth-order valence-corrected chi connectivity index (χ4v) is 2.54. The summed E-state index contributed by atoms with van der Waals surface area (Å²) in [6.07, 6.45) is 4.35. The number of primary amides is 1. The first-order chi connectivity index (χ1) is 8.04. The molecule has 0 bridgehead atoms. The molecule has 5 nitrogen and oxygen atoms in total. The summed E-state index contributed by atoms with van der Waals surface area (Å²) in [5, 5.41) is 2.85. The van der Waals surface area contributed by atoms with Crippen LogP contribution in [-0.4, -0.2) is 24.4 Å². The van der Waals surface area contributed by atoms with Gasteiger partial charge in [-0.25, -0.2) is 0 Å². The molecule has 2 amide bonds. The van der Waals surface area contributed by atoms with E-state index in [9.17, 15) is 9.59 Å². The Balaban J connectivity index is 2.47. The molecule has 0 heterocycles. The minimum absolute atomic E-state index is 0.00377. The van der Waals surface area contributed by atoms with Gasteiger partial charge in [0, 0.05) is 18.4 Å². The fourth-order valence-electron chi connectivity index (χ4n) is 2.54. The van der Waals surface area contributed by atoms with E-state index in [2.05, 4.69) is 5.32 Å². The van der Waals surface area contributed by atoms with Crippen LogP contribution in [0.2, 0.25) is 0 Å². The van der Waals surface area contributed by atoms with E-state index >= 15 is 0 Å². The smallest absolute Gasteiger partial charge is 0.223 e. The molecule has 0 aromatic heterocycles. The second kappa shape index (κ2) is 6.59. The second-order valence-electron chi connectivity index (χ2n) is 4.97. The number of hydrogen-bond donors (Lipinski definition) is 3. The van der Waals surface area contributed by atoms with E-state index in [0.717, 1.165) is 25.7 Å². The number of nitrogens with two attached hydrogens (primary N) is 2. The van der Waals surface area contributed by atoms with Crippen LogP contribution in [0.25, 0.3) is 0 Å². The summed E-state index contributed by atoms with van der Waals surface area (Å²) in [6, 6.07) is -0.194. The van der Waals surface area contributed by atoms with Crippen LogP contribution in [0.5, 0.6) is 0 Å². The van der Waals surface area contributed by atoms with Crippen LogP contribution >= 0.6 is 0 Å². The van der Waals surface area contributed by atoms with Gasteiger partial charge in [-0.1, -0.05) is 12.8 Å². The first-order valence-corrected chi connectivity index (χ1v) is 6.33. The molecule has 1 saturated carbocycles. The third-order valence-electron chi connectivity index (χ3n) is 3.44. The number of rotatable bonds is 5. The molecule has 0 spiro atoms. The van der Waals surface area contributed by atoms with Gasteiger partial charge in [0.25, 0.3) is 0 Å². The average molecular weight is 241 g/mol. The summed E-state index contributed by atoms with van der Waals surface area (Å²) in [5.41, 5.74) is 10.8. The van der Waals surface area contributed by atoms with Gasteiger partial charge in [0.1, 0.15) is 0 Å². The second-order valence-corrected chi connectivity index (χ2v) is 4.97. The number of carbonyl (C=O) groups is 2. The quantitative estimate of drug-likeness (QED) is 0.638. The third kappa shape index (κ3) is 4.34. The third-order valence-corrected chi connectivity index (χ3v) is 3.44. The molecule has 0 aliphatic heterocycles. The lowest BCUT2D eigenvalue weighted by molar-refractivity contribution is -0.128. The number of nitrogens with one attached hydrogen (secondary N) is 1. The van der Waals surface area contributed by atoms with Gasteiger partial charge in [-0.3, -0.25) is 9.59 Å². The highest BCUT2D eigenvalue weighted by atomic mass is 16.2. The Hall–Kier alpha value is -1.10. The summed E-state index contributed by atoms with van der Waals surface area (Å²) in [5.74, 6) is -0.0840. The van der Waals surface area contributed by atoms with Crippen molar-refractivity contribution in [2.24, 2.45) is 23.3 Å². The molecule has 0 saturated heterocycles. The van der Waals surface area contributed by atoms with Gasteiger partial charge in [0.15, 0.2) is 0 Å². The minimum Gasteiger partial charge on any atom is -0.370 e. The van der Waals surface area contributed by atoms with E-state index in [1.165, 1.54) is 0 Å². The first-order valence-electron chi connectivity index (χ1n) is 6.33. The Bertz CT molecular complexity index is 281. The van der Waals surface area contributed by atoms with Gasteiger partial charge in [-0.2, -0.15) is 0 Å². The van der Waals surface area contributed by atoms with Gasteiger partial charge in [0.05, 0.1) is 0 Å². The predicted octanol–water partition coefficient (Wildman–Crippen LogP) is 0.132. The molecule has 1 aliphatic carbocycles. The van der Waals surface area contributed by atoms with Crippen molar-refractivity contribution in [2.45, 2.75) is 45.1 Å². The molecule has 1 fully saturated rings. The van der Waals surface area contributed by atoms with E-state index in [1.54, 1.807) is 6.92 Å². The zero-order valence-electron chi connectivity index (χ0n) is 10.4. The van der Waals surface area contributed by atoms with Crippen LogP contribution in [0.15, 0.2) is 0 Å². The highest BCUT2D eigenvalue weighted by Crippen LogP contribution is 2.29. The van der Waals surface area contributed by atoms with Crippen LogP contribution < -0.4 is 16.8 Å². The highest BCUT2D eigenvalue weighted by molar-refractivity contribution is 5.80. The molecular weight excluding hydrogens is 218 g/mol. The Morgan fingerprint density at radius 3 is 2.59 bits per heavy atom. The molecule has 5 N–H and O–H groups in total. The van der Waals surface area contributed by atoms with E-state index < -0.39 is 5.91 Å². The summed E-state index contributed by atoms with van der Waals surface area (Å²) >= 11 is 0. The molecule has 0 radical (unpaired) electrons. The van der Waals surface area contributed by atoms with Gasteiger partial charge in [0.2, 0.25) is 11.8 Å². The highest BCUT2D eigenvalue weighted by Gasteiger charge is 2.30. The van der Waals surface area contributed by atoms with Crippen molar-refractivity contribution < 1.29 is 9.59 Å². The van der Waals surface area contributed by atoms with E-state index in [0.29, 0.717) is 6.54 Å². The lowest BCUT2D eigenvalue weighted by atomic mass is 9.78. The van der Waals surface area contributed by atoms with Gasteiger partial charge in [-0.05, 0) is 32.2 Å². The number of amides is 2. The van der Waals surface area contributed by atoms with Crippen molar-refractivity contribution in [1.29, 1.82) is 0 Å². The standard InChI is InChI=1S/C12H23N3O2/c1-8(6-11(14)16)15-12(17)10-5-3-2-4-9(10)7-13/h8-10H,2-7,13H2,1H3,(H2,14,16)(H,15,17). The molecule has 1 aliphatic rings. The lowest BCUT2D eigenvalue weighted by Gasteiger charge is -2.30. The van der Waals surface area contributed by atoms with Crippen molar-refractivity contribution in [1.82, 2.24) is 5.32 Å². The van der Waals surface area contributed by atoms with Crippen LogP contribution in [0.1, 0.15) is 39.0 Å². The van der Waals surface area contributed by atoms with Crippen molar-refractivity contribution in [3.63, 3.8) is 0 Å². The molecule has 0 aromatic rings. The van der Waals surface area contributed by atoms with Crippen molar-refractivity contribution in [3.8, 4) is 0 Å². The number of hydrogen-bond acceptors (Lipinski definition) is 3. The van der Waals surface area contributed by atoms with E-state index in [-0.39, 0.29) is 30.2 Å².